The first-order valence-electron chi connectivity index (χ1n) is 4.96. The number of halogens is 1. The second kappa shape index (κ2) is 5.68. The molecule has 0 saturated carbocycles. The summed E-state index contributed by atoms with van der Waals surface area (Å²) in [6.07, 6.45) is -0.686. The number of alkyl halides is 1. The standard InChI is InChI=1S/C10H15ClN2O3S/c1-7-2-3-9(17(12,15)16)4-10(7)13-6-8(14)5-11/h2-4,8,13-14H,5-6H2,1H3,(H2,12,15,16). The maximum atomic E-state index is 11.2. The van der Waals surface area contributed by atoms with E-state index in [1.165, 1.54) is 12.1 Å². The zero-order chi connectivity index (χ0) is 13.1. The van der Waals surface area contributed by atoms with Gasteiger partial charge in [0.05, 0.1) is 16.9 Å². The van der Waals surface area contributed by atoms with Gasteiger partial charge in [0.15, 0.2) is 0 Å². The smallest absolute Gasteiger partial charge is 0.238 e. The summed E-state index contributed by atoms with van der Waals surface area (Å²) in [5, 5.41) is 17.3. The Morgan fingerprint density at radius 3 is 2.71 bits per heavy atom. The molecule has 1 rings (SSSR count). The van der Waals surface area contributed by atoms with Crippen LogP contribution in [-0.4, -0.2) is 32.1 Å². The van der Waals surface area contributed by atoms with Gasteiger partial charge in [-0.25, -0.2) is 13.6 Å². The van der Waals surface area contributed by atoms with E-state index in [1.807, 2.05) is 6.92 Å². The van der Waals surface area contributed by atoms with Crippen molar-refractivity contribution in [1.82, 2.24) is 0 Å². The van der Waals surface area contributed by atoms with Crippen molar-refractivity contribution in [1.29, 1.82) is 0 Å². The molecule has 1 unspecified atom stereocenters. The van der Waals surface area contributed by atoms with E-state index in [4.69, 9.17) is 16.7 Å². The van der Waals surface area contributed by atoms with Crippen LogP contribution in [0.25, 0.3) is 0 Å². The van der Waals surface area contributed by atoms with E-state index in [-0.39, 0.29) is 17.3 Å². The second-order valence-corrected chi connectivity index (χ2v) is 5.58. The number of rotatable bonds is 5. The van der Waals surface area contributed by atoms with Gasteiger partial charge < -0.3 is 10.4 Å². The summed E-state index contributed by atoms with van der Waals surface area (Å²) >= 11 is 5.46. The molecule has 0 aliphatic rings. The van der Waals surface area contributed by atoms with Crippen LogP contribution in [0.5, 0.6) is 0 Å². The van der Waals surface area contributed by atoms with Gasteiger partial charge in [0.1, 0.15) is 0 Å². The molecule has 0 heterocycles. The van der Waals surface area contributed by atoms with Crippen LogP contribution in [0.3, 0.4) is 0 Å². The second-order valence-electron chi connectivity index (χ2n) is 3.71. The molecule has 4 N–H and O–H groups in total. The highest BCUT2D eigenvalue weighted by molar-refractivity contribution is 7.89. The fourth-order valence-electron chi connectivity index (χ4n) is 1.25. The maximum absolute atomic E-state index is 11.2. The van der Waals surface area contributed by atoms with Crippen molar-refractivity contribution in [2.45, 2.75) is 17.9 Å². The van der Waals surface area contributed by atoms with Gasteiger partial charge in [-0.2, -0.15) is 0 Å². The zero-order valence-electron chi connectivity index (χ0n) is 9.35. The molecule has 0 radical (unpaired) electrons. The fraction of sp³-hybridized carbons (Fsp3) is 0.400. The van der Waals surface area contributed by atoms with Gasteiger partial charge in [0, 0.05) is 12.2 Å². The maximum Gasteiger partial charge on any atom is 0.238 e. The highest BCUT2D eigenvalue weighted by atomic mass is 35.5. The average Bonchev–Trinajstić information content (AvgIpc) is 2.26. The number of anilines is 1. The highest BCUT2D eigenvalue weighted by Gasteiger charge is 2.10. The van der Waals surface area contributed by atoms with Crippen LogP contribution >= 0.6 is 11.6 Å². The molecule has 96 valence electrons. The molecule has 0 bridgehead atoms. The van der Waals surface area contributed by atoms with Gasteiger partial charge in [-0.15, -0.1) is 11.6 Å². The lowest BCUT2D eigenvalue weighted by Gasteiger charge is -2.13. The number of aliphatic hydroxyl groups excluding tert-OH is 1. The van der Waals surface area contributed by atoms with Crippen molar-refractivity contribution in [3.63, 3.8) is 0 Å². The van der Waals surface area contributed by atoms with Crippen LogP contribution in [0.4, 0.5) is 5.69 Å². The molecule has 1 aromatic carbocycles. The Hall–Kier alpha value is -0.820. The Bertz CT molecular complexity index is 490. The minimum Gasteiger partial charge on any atom is -0.390 e. The number of benzene rings is 1. The van der Waals surface area contributed by atoms with Gasteiger partial charge in [0.25, 0.3) is 0 Å². The van der Waals surface area contributed by atoms with Gasteiger partial charge in [-0.05, 0) is 24.6 Å². The summed E-state index contributed by atoms with van der Waals surface area (Å²) in [6, 6.07) is 4.52. The molecule has 7 heteroatoms. The largest absolute Gasteiger partial charge is 0.390 e. The van der Waals surface area contributed by atoms with E-state index in [9.17, 15) is 13.5 Å². The Morgan fingerprint density at radius 2 is 2.18 bits per heavy atom. The van der Waals surface area contributed by atoms with Crippen molar-refractivity contribution in [2.24, 2.45) is 5.14 Å². The predicted octanol–water partition coefficient (Wildman–Crippen LogP) is 0.654. The number of nitrogens with two attached hydrogens (primary N) is 1. The number of hydrogen-bond acceptors (Lipinski definition) is 4. The molecular weight excluding hydrogens is 264 g/mol. The minimum absolute atomic E-state index is 0.0333. The summed E-state index contributed by atoms with van der Waals surface area (Å²) < 4.78 is 22.3. The van der Waals surface area contributed by atoms with Crippen molar-refractivity contribution < 1.29 is 13.5 Å². The Morgan fingerprint density at radius 1 is 1.53 bits per heavy atom. The van der Waals surface area contributed by atoms with Crippen molar-refractivity contribution in [3.05, 3.63) is 23.8 Å². The van der Waals surface area contributed by atoms with Crippen LogP contribution in [0.1, 0.15) is 5.56 Å². The summed E-state index contributed by atoms with van der Waals surface area (Å²) in [6.45, 7) is 2.07. The molecule has 0 spiro atoms. The molecule has 0 aromatic heterocycles. The normalized spacial score (nSPS) is 13.4. The molecule has 0 aliphatic heterocycles. The SMILES string of the molecule is Cc1ccc(S(N)(=O)=O)cc1NCC(O)CCl. The minimum atomic E-state index is -3.71. The molecule has 0 saturated heterocycles. The molecular formula is C10H15ClN2O3S. The van der Waals surface area contributed by atoms with Gasteiger partial charge in [-0.1, -0.05) is 6.07 Å². The predicted molar refractivity (Wildman–Crippen MR) is 67.8 cm³/mol. The van der Waals surface area contributed by atoms with Crippen molar-refractivity contribution in [2.75, 3.05) is 17.7 Å². The summed E-state index contributed by atoms with van der Waals surface area (Å²) in [4.78, 5) is 0.0333. The molecule has 1 atom stereocenters. The number of aliphatic hydroxyl groups is 1. The molecule has 1 aromatic rings. The van der Waals surface area contributed by atoms with E-state index < -0.39 is 16.1 Å². The number of hydrogen-bond donors (Lipinski definition) is 3. The Balaban J connectivity index is 2.92. The molecule has 0 amide bonds. The number of nitrogens with one attached hydrogen (secondary N) is 1. The van der Waals surface area contributed by atoms with Crippen LogP contribution < -0.4 is 10.5 Å². The van der Waals surface area contributed by atoms with E-state index in [2.05, 4.69) is 5.32 Å². The van der Waals surface area contributed by atoms with Crippen molar-refractivity contribution in [3.8, 4) is 0 Å². The fourth-order valence-corrected chi connectivity index (χ4v) is 1.90. The van der Waals surface area contributed by atoms with E-state index in [0.29, 0.717) is 5.69 Å². The topological polar surface area (TPSA) is 92.4 Å². The third-order valence-electron chi connectivity index (χ3n) is 2.24. The monoisotopic (exact) mass is 278 g/mol. The van der Waals surface area contributed by atoms with Crippen molar-refractivity contribution >= 4 is 27.3 Å². The number of sulfonamides is 1. The van der Waals surface area contributed by atoms with E-state index in [1.54, 1.807) is 6.07 Å². The Labute approximate surface area is 106 Å². The van der Waals surface area contributed by atoms with Crippen LogP contribution in [-0.2, 0) is 10.0 Å². The third kappa shape index (κ3) is 4.16. The lowest BCUT2D eigenvalue weighted by molar-refractivity contribution is 0.211. The summed E-state index contributed by atoms with van der Waals surface area (Å²) in [5.41, 5.74) is 1.47. The lowest BCUT2D eigenvalue weighted by Crippen LogP contribution is -2.21. The highest BCUT2D eigenvalue weighted by Crippen LogP contribution is 2.19. The third-order valence-corrected chi connectivity index (χ3v) is 3.51. The summed E-state index contributed by atoms with van der Waals surface area (Å²) in [5.74, 6) is 0.112. The van der Waals surface area contributed by atoms with Gasteiger partial charge >= 0.3 is 0 Å². The molecule has 0 fully saturated rings. The van der Waals surface area contributed by atoms with Crippen LogP contribution in [0.2, 0.25) is 0 Å². The first kappa shape index (κ1) is 14.2. The molecule has 0 aliphatic carbocycles. The Kier molecular flexibility index (Phi) is 4.76. The number of primary sulfonamides is 1. The zero-order valence-corrected chi connectivity index (χ0v) is 10.9. The van der Waals surface area contributed by atoms with Gasteiger partial charge in [0.2, 0.25) is 10.0 Å². The summed E-state index contributed by atoms with van der Waals surface area (Å²) in [7, 11) is -3.71. The number of aryl methyl sites for hydroxylation is 1. The van der Waals surface area contributed by atoms with Gasteiger partial charge in [-0.3, -0.25) is 0 Å². The van der Waals surface area contributed by atoms with Crippen LogP contribution in [0.15, 0.2) is 23.1 Å². The van der Waals surface area contributed by atoms with Crippen LogP contribution in [0, 0.1) is 6.92 Å². The molecule has 17 heavy (non-hydrogen) atoms. The lowest BCUT2D eigenvalue weighted by atomic mass is 10.2. The first-order chi connectivity index (χ1) is 7.84. The average molecular weight is 279 g/mol. The first-order valence-corrected chi connectivity index (χ1v) is 7.04. The quantitative estimate of drug-likeness (QED) is 0.690. The van der Waals surface area contributed by atoms with E-state index >= 15 is 0 Å². The van der Waals surface area contributed by atoms with E-state index in [0.717, 1.165) is 5.56 Å². The molecule has 5 nitrogen and oxygen atoms in total.